The van der Waals surface area contributed by atoms with Crippen LogP contribution in [0.1, 0.15) is 18.4 Å². The number of carbonyl (C=O) groups excluding carboxylic acids is 1. The van der Waals surface area contributed by atoms with Crippen molar-refractivity contribution < 1.29 is 13.9 Å². The van der Waals surface area contributed by atoms with Crippen LogP contribution in [0.25, 0.3) is 17.4 Å². The maximum absolute atomic E-state index is 11.2. The highest BCUT2D eigenvalue weighted by Gasteiger charge is 2.02. The summed E-state index contributed by atoms with van der Waals surface area (Å²) < 4.78 is 10.2. The van der Waals surface area contributed by atoms with Crippen LogP contribution in [0.4, 0.5) is 0 Å². The molecule has 4 heteroatoms. The summed E-state index contributed by atoms with van der Waals surface area (Å²) in [4.78, 5) is 15.2. The average molecular weight is 257 g/mol. The maximum Gasteiger partial charge on any atom is 0.330 e. The Balaban J connectivity index is 2.08. The molecule has 0 spiro atoms. The largest absolute Gasteiger partial charge is 0.463 e. The molecule has 2 rings (SSSR count). The molecule has 19 heavy (non-hydrogen) atoms. The second kappa shape index (κ2) is 6.00. The third-order valence-corrected chi connectivity index (χ3v) is 2.51. The van der Waals surface area contributed by atoms with E-state index < -0.39 is 0 Å². The van der Waals surface area contributed by atoms with Crippen molar-refractivity contribution in [1.29, 1.82) is 0 Å². The minimum absolute atomic E-state index is 0.336. The number of carbonyl (C=O) groups is 1. The highest BCUT2D eigenvalue weighted by Crippen LogP contribution is 2.20. The molecule has 0 radical (unpaired) electrons. The summed E-state index contributed by atoms with van der Waals surface area (Å²) in [6.45, 7) is 3.97. The van der Waals surface area contributed by atoms with E-state index in [2.05, 4.69) is 4.98 Å². The van der Waals surface area contributed by atoms with Crippen LogP contribution >= 0.6 is 0 Å². The Morgan fingerprint density at radius 3 is 2.68 bits per heavy atom. The Kier molecular flexibility index (Phi) is 4.13. The number of esters is 1. The maximum atomic E-state index is 11.2. The molecule has 0 saturated carbocycles. The summed E-state index contributed by atoms with van der Waals surface area (Å²) in [6, 6.07) is 7.65. The van der Waals surface area contributed by atoms with Gasteiger partial charge in [0, 0.05) is 18.6 Å². The smallest absolute Gasteiger partial charge is 0.330 e. The number of aryl methyl sites for hydroxylation is 1. The standard InChI is InChI=1S/C15H15NO3/c1-3-18-15(17)9-6-12-4-7-13(8-5-12)14-10-16-11(2)19-14/h4-10H,3H2,1-2H3. The molecule has 0 fully saturated rings. The van der Waals surface area contributed by atoms with Gasteiger partial charge < -0.3 is 9.15 Å². The molecule has 0 saturated heterocycles. The van der Waals surface area contributed by atoms with E-state index in [1.807, 2.05) is 24.3 Å². The van der Waals surface area contributed by atoms with Crippen LogP contribution in [0.2, 0.25) is 0 Å². The Bertz CT molecular complexity index is 582. The van der Waals surface area contributed by atoms with Gasteiger partial charge in [0.1, 0.15) is 0 Å². The number of aromatic nitrogens is 1. The summed E-state index contributed by atoms with van der Waals surface area (Å²) in [7, 11) is 0. The van der Waals surface area contributed by atoms with Crippen LogP contribution < -0.4 is 0 Å². The number of oxazole rings is 1. The molecular formula is C15H15NO3. The lowest BCUT2D eigenvalue weighted by Gasteiger charge is -1.98. The van der Waals surface area contributed by atoms with Crippen molar-refractivity contribution in [2.24, 2.45) is 0 Å². The molecule has 98 valence electrons. The van der Waals surface area contributed by atoms with Crippen LogP contribution in [0.15, 0.2) is 41.0 Å². The SMILES string of the molecule is CCOC(=O)C=Cc1ccc(-c2cnc(C)o2)cc1. The Morgan fingerprint density at radius 2 is 2.11 bits per heavy atom. The molecule has 0 atom stereocenters. The molecule has 0 N–H and O–H groups in total. The van der Waals surface area contributed by atoms with E-state index in [4.69, 9.17) is 9.15 Å². The highest BCUT2D eigenvalue weighted by molar-refractivity contribution is 5.87. The molecule has 0 bridgehead atoms. The lowest BCUT2D eigenvalue weighted by atomic mass is 10.1. The topological polar surface area (TPSA) is 52.3 Å². The summed E-state index contributed by atoms with van der Waals surface area (Å²) >= 11 is 0. The van der Waals surface area contributed by atoms with Gasteiger partial charge in [0.05, 0.1) is 12.8 Å². The first-order valence-corrected chi connectivity index (χ1v) is 6.06. The van der Waals surface area contributed by atoms with Crippen molar-refractivity contribution in [3.63, 3.8) is 0 Å². The van der Waals surface area contributed by atoms with Crippen LogP contribution in [0, 0.1) is 6.92 Å². The number of hydrogen-bond acceptors (Lipinski definition) is 4. The number of benzene rings is 1. The lowest BCUT2D eigenvalue weighted by Crippen LogP contribution is -1.98. The van der Waals surface area contributed by atoms with Crippen molar-refractivity contribution >= 4 is 12.0 Å². The minimum Gasteiger partial charge on any atom is -0.463 e. The van der Waals surface area contributed by atoms with Crippen LogP contribution in [-0.4, -0.2) is 17.6 Å². The molecule has 1 aromatic carbocycles. The summed E-state index contributed by atoms with van der Waals surface area (Å²) in [5.74, 6) is 1.04. The molecule has 0 aliphatic carbocycles. The number of ether oxygens (including phenoxy) is 1. The van der Waals surface area contributed by atoms with E-state index in [0.29, 0.717) is 12.5 Å². The molecule has 4 nitrogen and oxygen atoms in total. The van der Waals surface area contributed by atoms with E-state index in [1.54, 1.807) is 26.1 Å². The van der Waals surface area contributed by atoms with Gasteiger partial charge in [0.25, 0.3) is 0 Å². The van der Waals surface area contributed by atoms with Crippen molar-refractivity contribution in [2.45, 2.75) is 13.8 Å². The predicted molar refractivity (Wildman–Crippen MR) is 72.3 cm³/mol. The van der Waals surface area contributed by atoms with Crippen molar-refractivity contribution in [3.05, 3.63) is 48.0 Å². The molecular weight excluding hydrogens is 242 g/mol. The van der Waals surface area contributed by atoms with Crippen molar-refractivity contribution in [1.82, 2.24) is 4.98 Å². The third-order valence-electron chi connectivity index (χ3n) is 2.51. The Labute approximate surface area is 111 Å². The van der Waals surface area contributed by atoms with Crippen molar-refractivity contribution in [2.75, 3.05) is 6.61 Å². The van der Waals surface area contributed by atoms with E-state index in [0.717, 1.165) is 16.9 Å². The van der Waals surface area contributed by atoms with Gasteiger partial charge in [0.15, 0.2) is 11.7 Å². The zero-order valence-corrected chi connectivity index (χ0v) is 10.9. The summed E-state index contributed by atoms with van der Waals surface area (Å²) in [5, 5.41) is 0. The summed E-state index contributed by atoms with van der Waals surface area (Å²) in [6.07, 6.45) is 4.82. The van der Waals surface area contributed by atoms with Gasteiger partial charge in [-0.15, -0.1) is 0 Å². The monoisotopic (exact) mass is 257 g/mol. The molecule has 0 aliphatic heterocycles. The fourth-order valence-corrected chi connectivity index (χ4v) is 1.61. The third kappa shape index (κ3) is 3.55. The predicted octanol–water partition coefficient (Wildman–Crippen LogP) is 3.23. The van der Waals surface area contributed by atoms with Gasteiger partial charge in [-0.05, 0) is 18.6 Å². The van der Waals surface area contributed by atoms with Crippen LogP contribution in [0.5, 0.6) is 0 Å². The quantitative estimate of drug-likeness (QED) is 0.623. The lowest BCUT2D eigenvalue weighted by molar-refractivity contribution is -0.137. The fraction of sp³-hybridized carbons (Fsp3) is 0.200. The van der Waals surface area contributed by atoms with Gasteiger partial charge in [-0.2, -0.15) is 0 Å². The molecule has 2 aromatic rings. The van der Waals surface area contributed by atoms with E-state index >= 15 is 0 Å². The number of hydrogen-bond donors (Lipinski definition) is 0. The minimum atomic E-state index is -0.336. The molecule has 0 unspecified atom stereocenters. The van der Waals surface area contributed by atoms with Crippen LogP contribution in [0.3, 0.4) is 0 Å². The Morgan fingerprint density at radius 1 is 1.37 bits per heavy atom. The van der Waals surface area contributed by atoms with Gasteiger partial charge >= 0.3 is 5.97 Å². The molecule has 0 amide bonds. The number of rotatable bonds is 4. The van der Waals surface area contributed by atoms with Gasteiger partial charge in [-0.25, -0.2) is 9.78 Å². The summed E-state index contributed by atoms with van der Waals surface area (Å²) in [5.41, 5.74) is 1.88. The zero-order chi connectivity index (χ0) is 13.7. The first-order chi connectivity index (χ1) is 9.19. The van der Waals surface area contributed by atoms with Crippen molar-refractivity contribution in [3.8, 4) is 11.3 Å². The average Bonchev–Trinajstić information content (AvgIpc) is 2.84. The molecule has 1 heterocycles. The second-order valence-electron chi connectivity index (χ2n) is 3.95. The first-order valence-electron chi connectivity index (χ1n) is 6.06. The fourth-order valence-electron chi connectivity index (χ4n) is 1.61. The normalized spacial score (nSPS) is 10.8. The van der Waals surface area contributed by atoms with E-state index in [-0.39, 0.29) is 5.97 Å². The van der Waals surface area contributed by atoms with Gasteiger partial charge in [-0.3, -0.25) is 0 Å². The zero-order valence-electron chi connectivity index (χ0n) is 10.9. The van der Waals surface area contributed by atoms with E-state index in [1.165, 1.54) is 6.08 Å². The van der Waals surface area contributed by atoms with Gasteiger partial charge in [-0.1, -0.05) is 24.3 Å². The van der Waals surface area contributed by atoms with Gasteiger partial charge in [0.2, 0.25) is 0 Å². The molecule has 0 aliphatic rings. The molecule has 1 aromatic heterocycles. The van der Waals surface area contributed by atoms with Crippen LogP contribution in [-0.2, 0) is 9.53 Å². The highest BCUT2D eigenvalue weighted by atomic mass is 16.5. The second-order valence-corrected chi connectivity index (χ2v) is 3.95. The Hall–Kier alpha value is -2.36. The first kappa shape index (κ1) is 13.1. The van der Waals surface area contributed by atoms with E-state index in [9.17, 15) is 4.79 Å². The number of nitrogens with zero attached hydrogens (tertiary/aromatic N) is 1.